The average molecular weight is 602 g/mol. The van der Waals surface area contributed by atoms with E-state index in [1.165, 1.54) is 5.56 Å². The minimum Gasteiger partial charge on any atom is -0.490 e. The number of nitriles is 1. The van der Waals surface area contributed by atoms with E-state index in [9.17, 15) is 10.1 Å². The summed E-state index contributed by atoms with van der Waals surface area (Å²) in [5, 5.41) is 14.8. The maximum atomic E-state index is 12.8. The van der Waals surface area contributed by atoms with Crippen LogP contribution in [0.2, 0.25) is 0 Å². The summed E-state index contributed by atoms with van der Waals surface area (Å²) in [6.07, 6.45) is 2.48. The van der Waals surface area contributed by atoms with Crippen molar-refractivity contribution in [3.8, 4) is 17.6 Å². The van der Waals surface area contributed by atoms with Crippen molar-refractivity contribution in [3.63, 3.8) is 0 Å². The molecule has 0 radical (unpaired) electrons. The van der Waals surface area contributed by atoms with Gasteiger partial charge in [-0.3, -0.25) is 4.79 Å². The van der Waals surface area contributed by atoms with Crippen molar-refractivity contribution in [2.75, 3.05) is 11.9 Å². The van der Waals surface area contributed by atoms with Crippen molar-refractivity contribution in [2.24, 2.45) is 0 Å². The molecule has 4 rings (SSSR count). The van der Waals surface area contributed by atoms with Crippen molar-refractivity contribution in [1.82, 2.24) is 0 Å². The van der Waals surface area contributed by atoms with Crippen molar-refractivity contribution in [2.45, 2.75) is 26.9 Å². The highest BCUT2D eigenvalue weighted by molar-refractivity contribution is 14.1. The molecule has 1 N–H and O–H groups in total. The Bertz CT molecular complexity index is 1480. The van der Waals surface area contributed by atoms with E-state index in [4.69, 9.17) is 9.47 Å². The molecule has 0 aliphatic heterocycles. The Labute approximate surface area is 230 Å². The number of hydrogen-bond donors (Lipinski definition) is 1. The van der Waals surface area contributed by atoms with E-state index in [0.717, 1.165) is 26.3 Å². The summed E-state index contributed by atoms with van der Waals surface area (Å²) < 4.78 is 13.0. The molecule has 186 valence electrons. The van der Waals surface area contributed by atoms with Gasteiger partial charge >= 0.3 is 0 Å². The first-order chi connectivity index (χ1) is 18.0. The molecule has 0 fully saturated rings. The number of hydrogen-bond acceptors (Lipinski definition) is 4. The van der Waals surface area contributed by atoms with Gasteiger partial charge in [0.15, 0.2) is 11.5 Å². The van der Waals surface area contributed by atoms with E-state index in [1.54, 1.807) is 12.1 Å². The molecule has 0 bridgehead atoms. The Morgan fingerprint density at radius 3 is 2.49 bits per heavy atom. The minimum absolute atomic E-state index is 0.00207. The van der Waals surface area contributed by atoms with E-state index in [2.05, 4.69) is 59.1 Å². The van der Waals surface area contributed by atoms with Crippen LogP contribution in [0.5, 0.6) is 11.5 Å². The molecular weight excluding hydrogens is 575 g/mol. The number of ether oxygens (including phenoxy) is 2. The van der Waals surface area contributed by atoms with Gasteiger partial charge in [-0.2, -0.15) is 5.26 Å². The third-order valence-electron chi connectivity index (χ3n) is 5.88. The summed E-state index contributed by atoms with van der Waals surface area (Å²) in [5.41, 5.74) is 3.58. The van der Waals surface area contributed by atoms with Gasteiger partial charge in [0.2, 0.25) is 0 Å². The predicted octanol–water partition coefficient (Wildman–Crippen LogP) is 7.53. The summed E-state index contributed by atoms with van der Waals surface area (Å²) >= 11 is 2.20. The van der Waals surface area contributed by atoms with Gasteiger partial charge in [-0.15, -0.1) is 0 Å². The summed E-state index contributed by atoms with van der Waals surface area (Å²) in [7, 11) is 0. The highest BCUT2D eigenvalue weighted by Gasteiger charge is 2.15. The van der Waals surface area contributed by atoms with E-state index in [-0.39, 0.29) is 5.57 Å². The van der Waals surface area contributed by atoms with Gasteiger partial charge in [0.1, 0.15) is 18.2 Å². The second-order valence-corrected chi connectivity index (χ2v) is 9.53. The molecule has 0 unspecified atom stereocenters. The Kier molecular flexibility index (Phi) is 8.81. The first kappa shape index (κ1) is 26.2. The number of nitrogens with one attached hydrogen (secondary N) is 1. The smallest absolute Gasteiger partial charge is 0.266 e. The number of carbonyl (C=O) groups excluding carboxylic acids is 1. The zero-order chi connectivity index (χ0) is 26.2. The Morgan fingerprint density at radius 1 is 1.00 bits per heavy atom. The van der Waals surface area contributed by atoms with Crippen LogP contribution in [0.15, 0.2) is 84.4 Å². The molecule has 4 aromatic carbocycles. The second kappa shape index (κ2) is 12.4. The number of fused-ring (bicyclic) bond motifs is 1. The van der Waals surface area contributed by atoms with Crippen LogP contribution in [0.3, 0.4) is 0 Å². The standard InChI is InChI=1S/C31H27IN2O3/c1-3-21-12-14-26(15-13-21)34-31(35)25(19-33)16-22-17-28(32)30(29(18-22)36-4-2)37-20-24-10-7-9-23-8-5-6-11-27(23)24/h5-18H,3-4,20H2,1-2H3,(H,34,35). The quantitative estimate of drug-likeness (QED) is 0.122. The van der Waals surface area contributed by atoms with E-state index >= 15 is 0 Å². The maximum Gasteiger partial charge on any atom is 0.266 e. The van der Waals surface area contributed by atoms with E-state index in [1.807, 2.05) is 61.5 Å². The van der Waals surface area contributed by atoms with Crippen molar-refractivity contribution >= 4 is 51.0 Å². The van der Waals surface area contributed by atoms with Crippen LogP contribution >= 0.6 is 22.6 Å². The third kappa shape index (κ3) is 6.49. The number of aryl methyl sites for hydroxylation is 1. The summed E-state index contributed by atoms with van der Waals surface area (Å²) in [5.74, 6) is 0.733. The lowest BCUT2D eigenvalue weighted by atomic mass is 10.1. The number of carbonyl (C=O) groups is 1. The lowest BCUT2D eigenvalue weighted by Crippen LogP contribution is -2.13. The van der Waals surface area contributed by atoms with E-state index in [0.29, 0.717) is 36.0 Å². The molecule has 0 aliphatic rings. The van der Waals surface area contributed by atoms with Crippen LogP contribution in [0, 0.1) is 14.9 Å². The molecule has 0 saturated carbocycles. The lowest BCUT2D eigenvalue weighted by molar-refractivity contribution is -0.112. The zero-order valence-electron chi connectivity index (χ0n) is 20.8. The normalized spacial score (nSPS) is 11.1. The fourth-order valence-electron chi connectivity index (χ4n) is 3.98. The van der Waals surface area contributed by atoms with Crippen LogP contribution in [0.4, 0.5) is 5.69 Å². The number of rotatable bonds is 9. The van der Waals surface area contributed by atoms with E-state index < -0.39 is 5.91 Å². The van der Waals surface area contributed by atoms with Gasteiger partial charge in [0, 0.05) is 5.69 Å². The average Bonchev–Trinajstić information content (AvgIpc) is 2.92. The largest absolute Gasteiger partial charge is 0.490 e. The maximum absolute atomic E-state index is 12.8. The minimum atomic E-state index is -0.462. The monoisotopic (exact) mass is 602 g/mol. The Balaban J connectivity index is 1.57. The van der Waals surface area contributed by atoms with Crippen LogP contribution in [-0.4, -0.2) is 12.5 Å². The number of anilines is 1. The summed E-state index contributed by atoms with van der Waals surface area (Å²) in [6.45, 7) is 4.81. The first-order valence-electron chi connectivity index (χ1n) is 12.1. The molecule has 0 aliphatic carbocycles. The van der Waals surface area contributed by atoms with Gasteiger partial charge in [0.05, 0.1) is 10.2 Å². The Morgan fingerprint density at radius 2 is 1.76 bits per heavy atom. The third-order valence-corrected chi connectivity index (χ3v) is 6.68. The molecule has 0 saturated heterocycles. The number of nitrogens with zero attached hydrogens (tertiary/aromatic N) is 1. The first-order valence-corrected chi connectivity index (χ1v) is 13.2. The highest BCUT2D eigenvalue weighted by atomic mass is 127. The van der Waals surface area contributed by atoms with Crippen LogP contribution < -0.4 is 14.8 Å². The van der Waals surface area contributed by atoms with Crippen LogP contribution in [0.25, 0.3) is 16.8 Å². The van der Waals surface area contributed by atoms with Crippen LogP contribution in [-0.2, 0) is 17.8 Å². The summed E-state index contributed by atoms with van der Waals surface area (Å²) in [4.78, 5) is 12.8. The zero-order valence-corrected chi connectivity index (χ0v) is 22.9. The van der Waals surface area contributed by atoms with Crippen LogP contribution in [0.1, 0.15) is 30.5 Å². The number of halogens is 1. The van der Waals surface area contributed by atoms with Gasteiger partial charge in [-0.25, -0.2) is 0 Å². The summed E-state index contributed by atoms with van der Waals surface area (Å²) in [6, 6.07) is 27.6. The Hall–Kier alpha value is -3.83. The van der Waals surface area contributed by atoms with Crippen molar-refractivity contribution in [1.29, 1.82) is 5.26 Å². The van der Waals surface area contributed by atoms with Gasteiger partial charge in [0.25, 0.3) is 5.91 Å². The predicted molar refractivity (Wildman–Crippen MR) is 157 cm³/mol. The topological polar surface area (TPSA) is 71.3 Å². The highest BCUT2D eigenvalue weighted by Crippen LogP contribution is 2.36. The van der Waals surface area contributed by atoms with Crippen molar-refractivity contribution < 1.29 is 14.3 Å². The molecule has 0 spiro atoms. The molecule has 0 atom stereocenters. The van der Waals surface area contributed by atoms with Crippen molar-refractivity contribution in [3.05, 3.63) is 105 Å². The molecule has 0 aromatic heterocycles. The molecular formula is C31H27IN2O3. The van der Waals surface area contributed by atoms with Gasteiger partial charge in [-0.05, 0) is 93.7 Å². The molecule has 1 amide bonds. The second-order valence-electron chi connectivity index (χ2n) is 8.36. The van der Waals surface area contributed by atoms with Gasteiger partial charge in [-0.1, -0.05) is 61.5 Å². The molecule has 37 heavy (non-hydrogen) atoms. The number of benzene rings is 4. The molecule has 5 nitrogen and oxygen atoms in total. The van der Waals surface area contributed by atoms with Gasteiger partial charge < -0.3 is 14.8 Å². The fraction of sp³-hybridized carbons (Fsp3) is 0.161. The fourth-order valence-corrected chi connectivity index (χ4v) is 4.76. The number of amides is 1. The molecule has 6 heteroatoms. The SMILES string of the molecule is CCOc1cc(C=C(C#N)C(=O)Nc2ccc(CC)cc2)cc(I)c1OCc1cccc2ccccc12. The lowest BCUT2D eigenvalue weighted by Gasteiger charge is -2.16. The molecule has 0 heterocycles. The molecule has 4 aromatic rings.